The molecule has 5 nitrogen and oxygen atoms in total. The minimum absolute atomic E-state index is 0.0197. The molecule has 2 aliphatic heterocycles. The molecular weight excluding hydrogens is 318 g/mol. The van der Waals surface area contributed by atoms with Gasteiger partial charge in [0.05, 0.1) is 12.7 Å². The normalized spacial score (nSPS) is 19.0. The van der Waals surface area contributed by atoms with Crippen molar-refractivity contribution < 1.29 is 19.0 Å². The fourth-order valence-electron chi connectivity index (χ4n) is 3.26. The quantitative estimate of drug-likeness (QED) is 0.859. The Labute approximate surface area is 147 Å². The Morgan fingerprint density at radius 3 is 2.80 bits per heavy atom. The van der Waals surface area contributed by atoms with Crippen LogP contribution in [0.5, 0.6) is 11.5 Å². The van der Waals surface area contributed by atoms with E-state index in [-0.39, 0.29) is 18.8 Å². The topological polar surface area (TPSA) is 48.0 Å². The second-order valence-corrected chi connectivity index (χ2v) is 6.34. The van der Waals surface area contributed by atoms with Crippen LogP contribution >= 0.6 is 0 Å². The average Bonchev–Trinajstić information content (AvgIpc) is 3.14. The van der Waals surface area contributed by atoms with Gasteiger partial charge in [-0.15, -0.1) is 0 Å². The summed E-state index contributed by atoms with van der Waals surface area (Å²) in [5, 5.41) is 0. The fourth-order valence-corrected chi connectivity index (χ4v) is 3.26. The number of nitrogens with zero attached hydrogens (tertiary/aromatic N) is 1. The van der Waals surface area contributed by atoms with E-state index in [9.17, 15) is 4.79 Å². The largest absolute Gasteiger partial charge is 0.454 e. The number of aryl methyl sites for hydroxylation is 1. The van der Waals surface area contributed by atoms with Crippen LogP contribution in [0.2, 0.25) is 0 Å². The Kier molecular flexibility index (Phi) is 4.57. The van der Waals surface area contributed by atoms with Crippen LogP contribution in [-0.4, -0.2) is 43.4 Å². The predicted molar refractivity (Wildman–Crippen MR) is 93.0 cm³/mol. The summed E-state index contributed by atoms with van der Waals surface area (Å²) in [5.41, 5.74) is 1.93. The van der Waals surface area contributed by atoms with Crippen molar-refractivity contribution in [1.29, 1.82) is 0 Å². The van der Waals surface area contributed by atoms with Gasteiger partial charge in [-0.1, -0.05) is 30.3 Å². The maximum Gasteiger partial charge on any atom is 0.254 e. The number of morpholine rings is 1. The maximum absolute atomic E-state index is 12.8. The van der Waals surface area contributed by atoms with Crippen LogP contribution in [-0.2, 0) is 11.2 Å². The van der Waals surface area contributed by atoms with Crippen molar-refractivity contribution in [1.82, 2.24) is 4.90 Å². The monoisotopic (exact) mass is 339 g/mol. The van der Waals surface area contributed by atoms with Gasteiger partial charge in [-0.2, -0.15) is 0 Å². The fraction of sp³-hybridized carbons (Fsp3) is 0.350. The molecule has 0 spiro atoms. The van der Waals surface area contributed by atoms with E-state index in [1.54, 1.807) is 18.2 Å². The second-order valence-electron chi connectivity index (χ2n) is 6.34. The van der Waals surface area contributed by atoms with Gasteiger partial charge in [0.1, 0.15) is 0 Å². The number of ether oxygens (including phenoxy) is 3. The van der Waals surface area contributed by atoms with E-state index >= 15 is 0 Å². The molecule has 130 valence electrons. The number of hydrogen-bond acceptors (Lipinski definition) is 4. The first kappa shape index (κ1) is 16.0. The minimum atomic E-state index is 0.0197. The van der Waals surface area contributed by atoms with Gasteiger partial charge in [0, 0.05) is 18.7 Å². The van der Waals surface area contributed by atoms with Crippen LogP contribution in [0.3, 0.4) is 0 Å². The molecule has 0 N–H and O–H groups in total. The molecule has 1 amide bonds. The Morgan fingerprint density at radius 2 is 1.92 bits per heavy atom. The first-order valence-corrected chi connectivity index (χ1v) is 8.64. The van der Waals surface area contributed by atoms with Crippen molar-refractivity contribution in [2.45, 2.75) is 18.9 Å². The van der Waals surface area contributed by atoms with E-state index in [0.29, 0.717) is 36.8 Å². The van der Waals surface area contributed by atoms with Crippen LogP contribution < -0.4 is 9.47 Å². The standard InChI is InChI=1S/C20H21NO4/c22-20(16-7-9-18-19(12-16)25-14-24-18)21-10-11-23-17(13-21)8-6-15-4-2-1-3-5-15/h1-5,7,9,12,17H,6,8,10-11,13-14H2/t17-/m0/s1. The summed E-state index contributed by atoms with van der Waals surface area (Å²) in [4.78, 5) is 14.7. The molecule has 0 unspecified atom stereocenters. The van der Waals surface area contributed by atoms with Crippen molar-refractivity contribution in [3.8, 4) is 11.5 Å². The zero-order valence-corrected chi connectivity index (χ0v) is 14.0. The summed E-state index contributed by atoms with van der Waals surface area (Å²) < 4.78 is 16.5. The number of amides is 1. The molecule has 0 bridgehead atoms. The van der Waals surface area contributed by atoms with Gasteiger partial charge in [-0.05, 0) is 36.6 Å². The van der Waals surface area contributed by atoms with Crippen molar-refractivity contribution in [2.24, 2.45) is 0 Å². The molecule has 4 rings (SSSR count). The third-order valence-corrected chi connectivity index (χ3v) is 4.64. The number of carbonyl (C=O) groups is 1. The lowest BCUT2D eigenvalue weighted by atomic mass is 10.1. The van der Waals surface area contributed by atoms with E-state index in [1.165, 1.54) is 5.56 Å². The predicted octanol–water partition coefficient (Wildman–Crippen LogP) is 2.89. The van der Waals surface area contributed by atoms with Crippen LogP contribution in [0.1, 0.15) is 22.3 Å². The Balaban J connectivity index is 1.38. The lowest BCUT2D eigenvalue weighted by Gasteiger charge is -2.33. The van der Waals surface area contributed by atoms with Gasteiger partial charge in [0.25, 0.3) is 5.91 Å². The molecule has 5 heteroatoms. The SMILES string of the molecule is O=C(c1ccc2c(c1)OCO2)N1CCO[C@@H](CCc2ccccc2)C1. The molecule has 0 radical (unpaired) electrons. The first-order valence-electron chi connectivity index (χ1n) is 8.64. The van der Waals surface area contributed by atoms with Crippen LogP contribution in [0.15, 0.2) is 48.5 Å². The highest BCUT2D eigenvalue weighted by atomic mass is 16.7. The molecular formula is C20H21NO4. The Hall–Kier alpha value is -2.53. The van der Waals surface area contributed by atoms with Crippen LogP contribution in [0.25, 0.3) is 0 Å². The molecule has 1 saturated heterocycles. The Morgan fingerprint density at radius 1 is 1.08 bits per heavy atom. The van der Waals surface area contributed by atoms with Crippen molar-refractivity contribution in [2.75, 3.05) is 26.5 Å². The van der Waals surface area contributed by atoms with Gasteiger partial charge in [-0.25, -0.2) is 0 Å². The molecule has 0 saturated carbocycles. The van der Waals surface area contributed by atoms with Gasteiger partial charge in [-0.3, -0.25) is 4.79 Å². The van der Waals surface area contributed by atoms with E-state index in [0.717, 1.165) is 12.8 Å². The molecule has 1 fully saturated rings. The molecule has 2 aliphatic rings. The molecule has 2 aromatic rings. The van der Waals surface area contributed by atoms with Gasteiger partial charge in [0.2, 0.25) is 6.79 Å². The molecule has 0 aliphatic carbocycles. The molecule has 25 heavy (non-hydrogen) atoms. The molecule has 1 atom stereocenters. The van der Waals surface area contributed by atoms with Crippen molar-refractivity contribution >= 4 is 5.91 Å². The number of carbonyl (C=O) groups excluding carboxylic acids is 1. The number of fused-ring (bicyclic) bond motifs is 1. The van der Waals surface area contributed by atoms with Crippen LogP contribution in [0, 0.1) is 0 Å². The summed E-state index contributed by atoms with van der Waals surface area (Å²) in [6, 6.07) is 15.7. The minimum Gasteiger partial charge on any atom is -0.454 e. The first-order chi connectivity index (χ1) is 12.3. The number of rotatable bonds is 4. The van der Waals surface area contributed by atoms with Gasteiger partial charge >= 0.3 is 0 Å². The summed E-state index contributed by atoms with van der Waals surface area (Å²) in [5.74, 6) is 1.35. The van der Waals surface area contributed by atoms with Crippen molar-refractivity contribution in [3.63, 3.8) is 0 Å². The smallest absolute Gasteiger partial charge is 0.254 e. The zero-order valence-electron chi connectivity index (χ0n) is 14.0. The number of hydrogen-bond donors (Lipinski definition) is 0. The second kappa shape index (κ2) is 7.15. The Bertz CT molecular complexity index is 747. The zero-order chi connectivity index (χ0) is 17.1. The van der Waals surface area contributed by atoms with E-state index < -0.39 is 0 Å². The molecule has 0 aromatic heterocycles. The molecule has 2 heterocycles. The van der Waals surface area contributed by atoms with E-state index in [1.807, 2.05) is 23.1 Å². The highest BCUT2D eigenvalue weighted by molar-refractivity contribution is 5.95. The maximum atomic E-state index is 12.8. The average molecular weight is 339 g/mol. The third kappa shape index (κ3) is 3.61. The van der Waals surface area contributed by atoms with Gasteiger partial charge < -0.3 is 19.1 Å². The summed E-state index contributed by atoms with van der Waals surface area (Å²) >= 11 is 0. The number of benzene rings is 2. The highest BCUT2D eigenvalue weighted by Gasteiger charge is 2.26. The lowest BCUT2D eigenvalue weighted by molar-refractivity contribution is -0.0246. The third-order valence-electron chi connectivity index (χ3n) is 4.64. The van der Waals surface area contributed by atoms with Crippen LogP contribution in [0.4, 0.5) is 0 Å². The highest BCUT2D eigenvalue weighted by Crippen LogP contribution is 2.33. The summed E-state index contributed by atoms with van der Waals surface area (Å²) in [6.45, 7) is 2.04. The van der Waals surface area contributed by atoms with Gasteiger partial charge in [0.15, 0.2) is 11.5 Å². The summed E-state index contributed by atoms with van der Waals surface area (Å²) in [7, 11) is 0. The van der Waals surface area contributed by atoms with E-state index in [2.05, 4.69) is 12.1 Å². The lowest BCUT2D eigenvalue weighted by Crippen LogP contribution is -2.45. The van der Waals surface area contributed by atoms with Crippen molar-refractivity contribution in [3.05, 3.63) is 59.7 Å². The van der Waals surface area contributed by atoms with E-state index in [4.69, 9.17) is 14.2 Å². The molecule has 2 aromatic carbocycles. The summed E-state index contributed by atoms with van der Waals surface area (Å²) in [6.07, 6.45) is 1.94.